The minimum Gasteiger partial charge on any atom is -0.378 e. The van der Waals surface area contributed by atoms with Gasteiger partial charge in [-0.2, -0.15) is 0 Å². The Morgan fingerprint density at radius 1 is 1.05 bits per heavy atom. The van der Waals surface area contributed by atoms with E-state index in [1.807, 2.05) is 43.3 Å². The molecule has 20 heavy (non-hydrogen) atoms. The molecule has 0 aliphatic rings. The maximum absolute atomic E-state index is 12.2. The first-order valence-electron chi connectivity index (χ1n) is 6.22. The van der Waals surface area contributed by atoms with Crippen molar-refractivity contribution in [2.24, 2.45) is 0 Å². The zero-order chi connectivity index (χ0) is 14.7. The summed E-state index contributed by atoms with van der Waals surface area (Å²) in [5, 5.41) is 1.09. The predicted octanol–water partition coefficient (Wildman–Crippen LogP) is 4.48. The van der Waals surface area contributed by atoms with Crippen molar-refractivity contribution in [3.8, 4) is 0 Å². The van der Waals surface area contributed by atoms with E-state index in [9.17, 15) is 4.79 Å². The molecule has 0 aliphatic heterocycles. The van der Waals surface area contributed by atoms with Crippen LogP contribution in [0.25, 0.3) is 0 Å². The lowest BCUT2D eigenvalue weighted by molar-refractivity contribution is 0.0993. The van der Waals surface area contributed by atoms with E-state index in [1.165, 1.54) is 0 Å². The monoisotopic (exact) mass is 307 g/mol. The maximum atomic E-state index is 12.2. The summed E-state index contributed by atoms with van der Waals surface area (Å²) in [4.78, 5) is 14.2. The summed E-state index contributed by atoms with van der Waals surface area (Å²) in [5.74, 6) is 0.0412. The summed E-state index contributed by atoms with van der Waals surface area (Å²) in [6, 6.07) is 12.7. The van der Waals surface area contributed by atoms with E-state index in [0.29, 0.717) is 15.6 Å². The topological polar surface area (TPSA) is 20.3 Å². The number of Topliss-reactive ketones (excluding diaryl/α,β-unsaturated/α-hetero) is 1. The highest BCUT2D eigenvalue weighted by Crippen LogP contribution is 2.22. The van der Waals surface area contributed by atoms with Gasteiger partial charge in [-0.3, -0.25) is 4.79 Å². The highest BCUT2D eigenvalue weighted by Gasteiger charge is 2.10. The van der Waals surface area contributed by atoms with Crippen molar-refractivity contribution in [1.82, 2.24) is 0 Å². The third-order valence-electron chi connectivity index (χ3n) is 3.07. The van der Waals surface area contributed by atoms with Crippen molar-refractivity contribution in [1.29, 1.82) is 0 Å². The first-order valence-corrected chi connectivity index (χ1v) is 6.97. The highest BCUT2D eigenvalue weighted by atomic mass is 35.5. The number of rotatable bonds is 4. The van der Waals surface area contributed by atoms with Crippen molar-refractivity contribution < 1.29 is 4.79 Å². The van der Waals surface area contributed by atoms with Crippen LogP contribution in [0.4, 0.5) is 5.69 Å². The van der Waals surface area contributed by atoms with Crippen LogP contribution in [0.1, 0.15) is 15.9 Å². The minimum absolute atomic E-state index is 0.0412. The van der Waals surface area contributed by atoms with E-state index in [4.69, 9.17) is 23.2 Å². The second kappa shape index (κ2) is 6.29. The molecule has 0 saturated carbocycles. The number of benzene rings is 2. The summed E-state index contributed by atoms with van der Waals surface area (Å²) < 4.78 is 0. The SMILES string of the molecule is CN(C)c1ccc(C(=O)Cc2ccc(Cl)cc2Cl)cc1. The molecule has 0 fully saturated rings. The number of carbonyl (C=O) groups is 1. The summed E-state index contributed by atoms with van der Waals surface area (Å²) in [6.07, 6.45) is 0.275. The van der Waals surface area contributed by atoms with Gasteiger partial charge in [0.1, 0.15) is 0 Å². The number of anilines is 1. The van der Waals surface area contributed by atoms with Gasteiger partial charge in [-0.25, -0.2) is 0 Å². The predicted molar refractivity (Wildman–Crippen MR) is 85.3 cm³/mol. The molecule has 0 aromatic heterocycles. The third-order valence-corrected chi connectivity index (χ3v) is 3.66. The summed E-state index contributed by atoms with van der Waals surface area (Å²) in [7, 11) is 3.93. The molecule has 0 heterocycles. The number of halogens is 2. The van der Waals surface area contributed by atoms with Crippen LogP contribution >= 0.6 is 23.2 Å². The van der Waals surface area contributed by atoms with Gasteiger partial charge in [-0.15, -0.1) is 0 Å². The maximum Gasteiger partial charge on any atom is 0.167 e. The van der Waals surface area contributed by atoms with E-state index in [-0.39, 0.29) is 12.2 Å². The molecular weight excluding hydrogens is 293 g/mol. The number of nitrogens with zero attached hydrogens (tertiary/aromatic N) is 1. The quantitative estimate of drug-likeness (QED) is 0.776. The van der Waals surface area contributed by atoms with Crippen molar-refractivity contribution in [2.45, 2.75) is 6.42 Å². The smallest absolute Gasteiger partial charge is 0.167 e. The van der Waals surface area contributed by atoms with Crippen LogP contribution in [0.2, 0.25) is 10.0 Å². The summed E-state index contributed by atoms with van der Waals surface area (Å²) in [5.41, 5.74) is 2.53. The summed E-state index contributed by atoms with van der Waals surface area (Å²) >= 11 is 11.9. The number of hydrogen-bond acceptors (Lipinski definition) is 2. The van der Waals surface area contributed by atoms with Crippen molar-refractivity contribution in [3.05, 3.63) is 63.6 Å². The van der Waals surface area contributed by atoms with E-state index in [2.05, 4.69) is 0 Å². The van der Waals surface area contributed by atoms with Gasteiger partial charge in [0, 0.05) is 41.8 Å². The Kier molecular flexibility index (Phi) is 4.69. The van der Waals surface area contributed by atoms with Crippen LogP contribution in [0.3, 0.4) is 0 Å². The van der Waals surface area contributed by atoms with Crippen molar-refractivity contribution in [2.75, 3.05) is 19.0 Å². The number of ketones is 1. The number of carbonyl (C=O) groups excluding carboxylic acids is 1. The van der Waals surface area contributed by atoms with Gasteiger partial charge in [0.05, 0.1) is 0 Å². The Balaban J connectivity index is 2.15. The Bertz CT molecular complexity index is 621. The molecule has 2 aromatic carbocycles. The second-order valence-electron chi connectivity index (χ2n) is 4.78. The molecule has 0 saturated heterocycles. The Hall–Kier alpha value is -1.51. The van der Waals surface area contributed by atoms with Crippen LogP contribution in [0.15, 0.2) is 42.5 Å². The van der Waals surface area contributed by atoms with Crippen molar-refractivity contribution in [3.63, 3.8) is 0 Å². The molecule has 4 heteroatoms. The molecule has 2 rings (SSSR count). The largest absolute Gasteiger partial charge is 0.378 e. The molecule has 0 N–H and O–H groups in total. The van der Waals surface area contributed by atoms with E-state index in [1.54, 1.807) is 18.2 Å². The van der Waals surface area contributed by atoms with Gasteiger partial charge >= 0.3 is 0 Å². The molecule has 0 bridgehead atoms. The van der Waals surface area contributed by atoms with Crippen LogP contribution in [0, 0.1) is 0 Å². The molecule has 2 aromatic rings. The van der Waals surface area contributed by atoms with E-state index < -0.39 is 0 Å². The molecule has 104 valence electrons. The molecule has 0 radical (unpaired) electrons. The average molecular weight is 308 g/mol. The van der Waals surface area contributed by atoms with Crippen LogP contribution in [0.5, 0.6) is 0 Å². The average Bonchev–Trinajstić information content (AvgIpc) is 2.42. The van der Waals surface area contributed by atoms with Crippen LogP contribution in [-0.4, -0.2) is 19.9 Å². The standard InChI is InChI=1S/C16H15Cl2NO/c1-19(2)14-7-4-11(5-8-14)16(20)9-12-3-6-13(17)10-15(12)18/h3-8,10H,9H2,1-2H3. The first-order chi connectivity index (χ1) is 9.47. The minimum atomic E-state index is 0.0412. The molecular formula is C16H15Cl2NO. The van der Waals surface area contributed by atoms with Crippen molar-refractivity contribution >= 4 is 34.7 Å². The van der Waals surface area contributed by atoms with Gasteiger partial charge in [0.15, 0.2) is 5.78 Å². The zero-order valence-electron chi connectivity index (χ0n) is 11.4. The van der Waals surface area contributed by atoms with Gasteiger partial charge in [0.2, 0.25) is 0 Å². The lowest BCUT2D eigenvalue weighted by Gasteiger charge is -2.12. The third kappa shape index (κ3) is 3.53. The lowest BCUT2D eigenvalue weighted by Crippen LogP contribution is -2.09. The van der Waals surface area contributed by atoms with Crippen LogP contribution < -0.4 is 4.90 Å². The second-order valence-corrected chi connectivity index (χ2v) is 5.62. The summed E-state index contributed by atoms with van der Waals surface area (Å²) in [6.45, 7) is 0. The molecule has 0 aliphatic carbocycles. The van der Waals surface area contributed by atoms with Gasteiger partial charge < -0.3 is 4.90 Å². The normalized spacial score (nSPS) is 10.4. The molecule has 0 atom stereocenters. The molecule has 0 unspecified atom stereocenters. The Morgan fingerprint density at radius 3 is 2.25 bits per heavy atom. The van der Waals surface area contributed by atoms with Gasteiger partial charge in [-0.05, 0) is 42.0 Å². The fourth-order valence-electron chi connectivity index (χ4n) is 1.89. The van der Waals surface area contributed by atoms with Gasteiger partial charge in [-0.1, -0.05) is 29.3 Å². The Labute approximate surface area is 128 Å². The zero-order valence-corrected chi connectivity index (χ0v) is 12.9. The van der Waals surface area contributed by atoms with Crippen LogP contribution in [-0.2, 0) is 6.42 Å². The molecule has 0 amide bonds. The van der Waals surface area contributed by atoms with E-state index in [0.717, 1.165) is 11.3 Å². The fraction of sp³-hybridized carbons (Fsp3) is 0.188. The molecule has 0 spiro atoms. The van der Waals surface area contributed by atoms with Gasteiger partial charge in [0.25, 0.3) is 0 Å². The lowest BCUT2D eigenvalue weighted by atomic mass is 10.0. The Morgan fingerprint density at radius 2 is 1.70 bits per heavy atom. The van der Waals surface area contributed by atoms with E-state index >= 15 is 0 Å². The highest BCUT2D eigenvalue weighted by molar-refractivity contribution is 6.35. The molecule has 2 nitrogen and oxygen atoms in total. The first kappa shape index (κ1) is 14.9. The number of hydrogen-bond donors (Lipinski definition) is 0. The fourth-order valence-corrected chi connectivity index (χ4v) is 2.36.